The van der Waals surface area contributed by atoms with Gasteiger partial charge < -0.3 is 4.57 Å². The van der Waals surface area contributed by atoms with E-state index >= 15 is 0 Å². The molecule has 0 amide bonds. The van der Waals surface area contributed by atoms with E-state index in [1.807, 2.05) is 0 Å². The molecule has 0 atom stereocenters. The minimum absolute atomic E-state index is 0.621. The van der Waals surface area contributed by atoms with Crippen molar-refractivity contribution in [2.75, 3.05) is 11.5 Å². The second-order valence-corrected chi connectivity index (χ2v) is 9.02. The molecular weight excluding hydrogens is 306 g/mol. The maximum atomic E-state index is 12.1. The highest BCUT2D eigenvalue weighted by atomic mass is 32.2. The molecule has 0 saturated carbocycles. The van der Waals surface area contributed by atoms with Gasteiger partial charge in [-0.3, -0.25) is 4.79 Å². The van der Waals surface area contributed by atoms with E-state index in [4.69, 9.17) is 5.14 Å². The van der Waals surface area contributed by atoms with Crippen LogP contribution in [0.5, 0.6) is 0 Å². The van der Waals surface area contributed by atoms with Gasteiger partial charge in [-0.15, -0.1) is 0 Å². The molecule has 1 aromatic heterocycles. The normalized spacial score (nSPS) is 13.4. The SMILES string of the molecule is CC(C)(C)n1ccnc(S(=O)(=O)CCS(N)(=O)=O)c1=O. The van der Waals surface area contributed by atoms with E-state index < -0.39 is 47.5 Å². The van der Waals surface area contributed by atoms with Crippen LogP contribution < -0.4 is 10.7 Å². The highest BCUT2D eigenvalue weighted by molar-refractivity contribution is 7.94. The van der Waals surface area contributed by atoms with Crippen molar-refractivity contribution >= 4 is 19.9 Å². The zero-order chi connectivity index (χ0) is 15.8. The molecular formula is C10H17N3O5S2. The smallest absolute Gasteiger partial charge is 0.288 e. The molecule has 0 bridgehead atoms. The molecule has 0 aliphatic heterocycles. The maximum Gasteiger partial charge on any atom is 0.288 e. The minimum Gasteiger partial charge on any atom is -0.306 e. The summed E-state index contributed by atoms with van der Waals surface area (Å²) in [6.07, 6.45) is 2.57. The van der Waals surface area contributed by atoms with Crippen LogP contribution in [0.3, 0.4) is 0 Å². The number of rotatable bonds is 4. The summed E-state index contributed by atoms with van der Waals surface area (Å²) in [4.78, 5) is 15.7. The van der Waals surface area contributed by atoms with Crippen LogP contribution >= 0.6 is 0 Å². The quantitative estimate of drug-likeness (QED) is 0.761. The van der Waals surface area contributed by atoms with Crippen molar-refractivity contribution in [1.82, 2.24) is 9.55 Å². The number of nitrogens with zero attached hydrogens (tertiary/aromatic N) is 2. The molecule has 0 aliphatic rings. The summed E-state index contributed by atoms with van der Waals surface area (Å²) in [5.74, 6) is -1.54. The predicted molar refractivity (Wildman–Crippen MR) is 73.5 cm³/mol. The van der Waals surface area contributed by atoms with Gasteiger partial charge in [0.2, 0.25) is 24.9 Å². The molecule has 0 unspecified atom stereocenters. The second-order valence-electron chi connectivity index (χ2n) is 5.26. The van der Waals surface area contributed by atoms with Crippen molar-refractivity contribution in [2.24, 2.45) is 5.14 Å². The molecule has 20 heavy (non-hydrogen) atoms. The number of nitrogens with two attached hydrogens (primary N) is 1. The Labute approximate surface area is 117 Å². The number of aromatic nitrogens is 2. The fourth-order valence-corrected chi connectivity index (χ4v) is 4.04. The lowest BCUT2D eigenvalue weighted by molar-refractivity contribution is 0.376. The van der Waals surface area contributed by atoms with E-state index in [1.54, 1.807) is 20.8 Å². The zero-order valence-corrected chi connectivity index (χ0v) is 13.0. The van der Waals surface area contributed by atoms with Gasteiger partial charge in [0, 0.05) is 17.9 Å². The summed E-state index contributed by atoms with van der Waals surface area (Å²) < 4.78 is 46.9. The van der Waals surface area contributed by atoms with Crippen molar-refractivity contribution in [3.05, 3.63) is 22.7 Å². The Morgan fingerprint density at radius 2 is 1.75 bits per heavy atom. The fraction of sp³-hybridized carbons (Fsp3) is 0.600. The predicted octanol–water partition coefficient (Wildman–Crippen LogP) is -0.939. The third-order valence-electron chi connectivity index (χ3n) is 2.46. The summed E-state index contributed by atoms with van der Waals surface area (Å²) in [5.41, 5.74) is -1.40. The Morgan fingerprint density at radius 1 is 1.20 bits per heavy atom. The molecule has 0 radical (unpaired) electrons. The molecule has 2 N–H and O–H groups in total. The lowest BCUT2D eigenvalue weighted by atomic mass is 10.1. The molecule has 0 aromatic carbocycles. The Bertz CT molecular complexity index is 757. The average molecular weight is 323 g/mol. The number of sulfone groups is 1. The molecule has 10 heteroatoms. The largest absolute Gasteiger partial charge is 0.306 e. The van der Waals surface area contributed by atoms with Crippen LogP contribution in [0, 0.1) is 0 Å². The van der Waals surface area contributed by atoms with Crippen molar-refractivity contribution < 1.29 is 16.8 Å². The van der Waals surface area contributed by atoms with Crippen LogP contribution in [0.25, 0.3) is 0 Å². The van der Waals surface area contributed by atoms with E-state index in [1.165, 1.54) is 17.0 Å². The molecule has 0 fully saturated rings. The minimum atomic E-state index is -4.11. The van der Waals surface area contributed by atoms with Gasteiger partial charge in [0.1, 0.15) is 0 Å². The second kappa shape index (κ2) is 5.26. The van der Waals surface area contributed by atoms with Crippen LogP contribution in [-0.2, 0) is 25.4 Å². The van der Waals surface area contributed by atoms with Crippen molar-refractivity contribution in [3.8, 4) is 0 Å². The van der Waals surface area contributed by atoms with E-state index in [0.29, 0.717) is 0 Å². The highest BCUT2D eigenvalue weighted by Gasteiger charge is 2.26. The third-order valence-corrected chi connectivity index (χ3v) is 5.11. The standard InChI is InChI=1S/C10H17N3O5S2/c1-10(2,3)13-5-4-12-8(9(13)14)19(15,16)6-7-20(11,17)18/h4-5H,6-7H2,1-3H3,(H2,11,17,18). The summed E-state index contributed by atoms with van der Waals surface area (Å²) in [6.45, 7) is 5.19. The maximum absolute atomic E-state index is 12.1. The Hall–Kier alpha value is -1.26. The summed E-state index contributed by atoms with van der Waals surface area (Å²) in [5, 5.41) is 4.09. The molecule has 0 saturated heterocycles. The first-order valence-electron chi connectivity index (χ1n) is 5.66. The number of hydrogen-bond donors (Lipinski definition) is 1. The summed E-state index contributed by atoms with van der Waals surface area (Å²) in [7, 11) is -8.04. The van der Waals surface area contributed by atoms with Crippen LogP contribution in [0.2, 0.25) is 0 Å². The van der Waals surface area contributed by atoms with Gasteiger partial charge in [0.25, 0.3) is 5.56 Å². The van der Waals surface area contributed by atoms with Crippen LogP contribution in [-0.4, -0.2) is 37.9 Å². The molecule has 0 spiro atoms. The first-order chi connectivity index (χ1) is 8.84. The Morgan fingerprint density at radius 3 is 2.20 bits per heavy atom. The average Bonchev–Trinajstić information content (AvgIpc) is 2.24. The highest BCUT2D eigenvalue weighted by Crippen LogP contribution is 2.11. The molecule has 1 heterocycles. The zero-order valence-electron chi connectivity index (χ0n) is 11.4. The van der Waals surface area contributed by atoms with E-state index in [-0.39, 0.29) is 0 Å². The number of hydrogen-bond acceptors (Lipinski definition) is 6. The van der Waals surface area contributed by atoms with E-state index in [9.17, 15) is 21.6 Å². The van der Waals surface area contributed by atoms with Crippen molar-refractivity contribution in [2.45, 2.75) is 31.3 Å². The third kappa shape index (κ3) is 4.12. The number of sulfonamides is 1. The van der Waals surface area contributed by atoms with Crippen LogP contribution in [0.15, 0.2) is 22.2 Å². The van der Waals surface area contributed by atoms with Gasteiger partial charge in [0.15, 0.2) is 0 Å². The van der Waals surface area contributed by atoms with Crippen molar-refractivity contribution in [3.63, 3.8) is 0 Å². The van der Waals surface area contributed by atoms with E-state index in [0.717, 1.165) is 0 Å². The lowest BCUT2D eigenvalue weighted by Crippen LogP contribution is -2.37. The number of primary sulfonamides is 1. The van der Waals surface area contributed by atoms with Gasteiger partial charge in [-0.05, 0) is 20.8 Å². The molecule has 1 aromatic rings. The van der Waals surface area contributed by atoms with Gasteiger partial charge in [-0.1, -0.05) is 0 Å². The van der Waals surface area contributed by atoms with E-state index in [2.05, 4.69) is 4.98 Å². The molecule has 0 aliphatic carbocycles. The van der Waals surface area contributed by atoms with Gasteiger partial charge in [0.05, 0.1) is 11.5 Å². The monoisotopic (exact) mass is 323 g/mol. The first kappa shape index (κ1) is 16.8. The summed E-state index contributed by atoms with van der Waals surface area (Å²) >= 11 is 0. The van der Waals surface area contributed by atoms with Crippen LogP contribution in [0.4, 0.5) is 0 Å². The first-order valence-corrected chi connectivity index (χ1v) is 9.03. The van der Waals surface area contributed by atoms with Gasteiger partial charge in [-0.25, -0.2) is 27.0 Å². The van der Waals surface area contributed by atoms with Gasteiger partial charge in [-0.2, -0.15) is 0 Å². The molecule has 1 rings (SSSR count). The molecule has 8 nitrogen and oxygen atoms in total. The fourth-order valence-electron chi connectivity index (χ4n) is 1.46. The van der Waals surface area contributed by atoms with Gasteiger partial charge >= 0.3 is 0 Å². The van der Waals surface area contributed by atoms with Crippen molar-refractivity contribution in [1.29, 1.82) is 0 Å². The Balaban J connectivity index is 3.31. The van der Waals surface area contributed by atoms with Crippen LogP contribution in [0.1, 0.15) is 20.8 Å². The topological polar surface area (TPSA) is 129 Å². The summed E-state index contributed by atoms with van der Waals surface area (Å²) in [6, 6.07) is 0. The molecule has 114 valence electrons. The lowest BCUT2D eigenvalue weighted by Gasteiger charge is -2.22. The Kier molecular flexibility index (Phi) is 4.42.